The average Bonchev–Trinajstić information content (AvgIpc) is 3.47. The zero-order valence-electron chi connectivity index (χ0n) is 37.8. The van der Waals surface area contributed by atoms with Gasteiger partial charge in [0.05, 0.1) is 44.5 Å². The third-order valence-electron chi connectivity index (χ3n) is 12.0. The van der Waals surface area contributed by atoms with Gasteiger partial charge in [0.2, 0.25) is 0 Å². The highest BCUT2D eigenvalue weighted by Crippen LogP contribution is 2.55. The fourth-order valence-electron chi connectivity index (χ4n) is 9.24. The second-order valence-electron chi connectivity index (χ2n) is 16.8. The molecule has 0 spiro atoms. The number of hydrogen-bond donors (Lipinski definition) is 0. The molecule has 0 radical (unpaired) electrons. The van der Waals surface area contributed by atoms with Crippen LogP contribution in [0.25, 0.3) is 32.7 Å². The molecule has 0 N–H and O–H groups in total. The van der Waals surface area contributed by atoms with Crippen molar-refractivity contribution in [3.05, 3.63) is 190 Å². The standard InChI is InChI=1S/C52H24F24P2/c53-45(54,55)29-13-5-17-35(41(29)49(65,66)67)77(36-18-6-14-30(46(56,57)58)42(36)50(68,69)70)33-23-21-25-9-1-3-11-27(25)39(33)40-28-12-4-2-10-26(28)22-24-34(40)78(37-19-7-15-31(47(59,60)61)43(37)51(71,72)73)38-20-8-16-32(48(62,63)64)44(38)52(74,75)76/h1-24H. The minimum atomic E-state index is -6.27. The minimum absolute atomic E-state index is 0.158. The first-order valence-electron chi connectivity index (χ1n) is 21.6. The van der Waals surface area contributed by atoms with Crippen LogP contribution in [0.1, 0.15) is 44.5 Å². The fraction of sp³-hybridized carbons (Fsp3) is 0.154. The molecule has 0 heterocycles. The van der Waals surface area contributed by atoms with Crippen LogP contribution in [-0.2, 0) is 49.4 Å². The highest BCUT2D eigenvalue weighted by atomic mass is 31.1. The maximum absolute atomic E-state index is 15.5. The van der Waals surface area contributed by atoms with Crippen LogP contribution in [0, 0.1) is 0 Å². The van der Waals surface area contributed by atoms with Crippen LogP contribution in [-0.4, -0.2) is 0 Å². The molecule has 0 aliphatic heterocycles. The molecule has 0 bridgehead atoms. The second kappa shape index (κ2) is 19.7. The number of rotatable bonds is 7. The van der Waals surface area contributed by atoms with Gasteiger partial charge < -0.3 is 0 Å². The van der Waals surface area contributed by atoms with Gasteiger partial charge in [-0.25, -0.2) is 0 Å². The Kier molecular flexibility index (Phi) is 14.5. The van der Waals surface area contributed by atoms with Crippen LogP contribution in [0.15, 0.2) is 146 Å². The Morgan fingerprint density at radius 1 is 0.205 bits per heavy atom. The maximum Gasteiger partial charge on any atom is 0.417 e. The minimum Gasteiger partial charge on any atom is -0.166 e. The molecule has 78 heavy (non-hydrogen) atoms. The molecule has 410 valence electrons. The fourth-order valence-corrected chi connectivity index (χ4v) is 15.0. The molecular formula is C52H24F24P2. The van der Waals surface area contributed by atoms with Gasteiger partial charge in [-0.1, -0.05) is 121 Å². The smallest absolute Gasteiger partial charge is 0.166 e. The van der Waals surface area contributed by atoms with Crippen molar-refractivity contribution in [2.45, 2.75) is 49.4 Å². The van der Waals surface area contributed by atoms with Gasteiger partial charge in [0.1, 0.15) is 0 Å². The van der Waals surface area contributed by atoms with Crippen LogP contribution >= 0.6 is 15.8 Å². The molecule has 0 aliphatic rings. The molecule has 0 aliphatic carbocycles. The van der Waals surface area contributed by atoms with E-state index in [-0.39, 0.29) is 83.6 Å². The molecule has 8 aromatic carbocycles. The van der Waals surface area contributed by atoms with Crippen molar-refractivity contribution in [2.75, 3.05) is 0 Å². The molecule has 0 saturated carbocycles. The molecule has 8 rings (SSSR count). The normalized spacial score (nSPS) is 13.6. The summed E-state index contributed by atoms with van der Waals surface area (Å²) >= 11 is 0. The maximum atomic E-state index is 15.5. The van der Waals surface area contributed by atoms with E-state index in [0.717, 1.165) is 48.5 Å². The molecule has 0 fully saturated rings. The van der Waals surface area contributed by atoms with E-state index in [1.54, 1.807) is 0 Å². The van der Waals surface area contributed by atoms with Crippen LogP contribution in [0.5, 0.6) is 0 Å². The number of benzene rings is 8. The third kappa shape index (κ3) is 10.8. The van der Waals surface area contributed by atoms with Gasteiger partial charge in [-0.15, -0.1) is 0 Å². The van der Waals surface area contributed by atoms with Crippen LogP contribution in [0.3, 0.4) is 0 Å². The lowest BCUT2D eigenvalue weighted by atomic mass is 9.93. The van der Waals surface area contributed by atoms with E-state index in [1.807, 2.05) is 0 Å². The molecule has 0 aromatic heterocycles. The van der Waals surface area contributed by atoms with Crippen molar-refractivity contribution >= 4 is 69.2 Å². The Morgan fingerprint density at radius 3 is 0.654 bits per heavy atom. The average molecular weight is 1170 g/mol. The first-order chi connectivity index (χ1) is 35.8. The molecule has 0 nitrogen and oxygen atoms in total. The number of hydrogen-bond acceptors (Lipinski definition) is 0. The zero-order chi connectivity index (χ0) is 57.7. The summed E-state index contributed by atoms with van der Waals surface area (Å²) in [5, 5.41) is -10.8. The highest BCUT2D eigenvalue weighted by Gasteiger charge is 2.52. The SMILES string of the molecule is FC(F)(F)c1cccc(P(c2cccc(C(F)(F)F)c2C(F)(F)F)c2ccc3ccccc3c2-c2c(P(c3cccc(C(F)(F)F)c3C(F)(F)F)c3cccc(C(F)(F)F)c3C(F)(F)F)ccc3ccccc23)c1C(F)(F)F. The molecule has 0 atom stereocenters. The predicted molar refractivity (Wildman–Crippen MR) is 244 cm³/mol. The summed E-state index contributed by atoms with van der Waals surface area (Å²) in [4.78, 5) is 0. The number of fused-ring (bicyclic) bond motifs is 2. The monoisotopic (exact) mass is 1170 g/mol. The molecule has 8 aromatic rings. The van der Waals surface area contributed by atoms with Crippen LogP contribution in [0.2, 0.25) is 0 Å². The summed E-state index contributed by atoms with van der Waals surface area (Å²) < 4.78 is 364. The van der Waals surface area contributed by atoms with E-state index < -0.39 is 163 Å². The third-order valence-corrected chi connectivity index (χ3v) is 17.2. The molecule has 0 saturated heterocycles. The lowest BCUT2D eigenvalue weighted by molar-refractivity contribution is -0.161. The van der Waals surface area contributed by atoms with Crippen molar-refractivity contribution in [1.82, 2.24) is 0 Å². The molecule has 0 amide bonds. The Morgan fingerprint density at radius 2 is 0.436 bits per heavy atom. The van der Waals surface area contributed by atoms with Gasteiger partial charge >= 0.3 is 49.4 Å². The predicted octanol–water partition coefficient (Wildman–Crippen LogP) is 17.3. The van der Waals surface area contributed by atoms with Crippen molar-refractivity contribution in [3.8, 4) is 11.1 Å². The lowest BCUT2D eigenvalue weighted by Crippen LogP contribution is -2.36. The van der Waals surface area contributed by atoms with E-state index >= 15 is 52.7 Å². The van der Waals surface area contributed by atoms with E-state index in [1.165, 1.54) is 12.1 Å². The zero-order valence-corrected chi connectivity index (χ0v) is 39.6. The first kappa shape index (κ1) is 57.6. The largest absolute Gasteiger partial charge is 0.417 e. The second-order valence-corrected chi connectivity index (χ2v) is 21.0. The highest BCUT2D eigenvalue weighted by molar-refractivity contribution is 7.81. The molecule has 0 unspecified atom stereocenters. The van der Waals surface area contributed by atoms with Crippen molar-refractivity contribution in [1.29, 1.82) is 0 Å². The van der Waals surface area contributed by atoms with Crippen molar-refractivity contribution in [3.63, 3.8) is 0 Å². The number of alkyl halides is 24. The van der Waals surface area contributed by atoms with Crippen LogP contribution in [0.4, 0.5) is 105 Å². The van der Waals surface area contributed by atoms with E-state index in [4.69, 9.17) is 0 Å². The summed E-state index contributed by atoms with van der Waals surface area (Å²) in [6, 6.07) is 13.2. The quantitative estimate of drug-likeness (QED) is 0.110. The summed E-state index contributed by atoms with van der Waals surface area (Å²) in [5.41, 5.74) is -23.3. The molecule has 26 heteroatoms. The Hall–Kier alpha value is -6.54. The summed E-state index contributed by atoms with van der Waals surface area (Å²) in [6.07, 6.45) is -49.3. The van der Waals surface area contributed by atoms with Gasteiger partial charge in [-0.2, -0.15) is 105 Å². The van der Waals surface area contributed by atoms with Gasteiger partial charge in [0.25, 0.3) is 0 Å². The van der Waals surface area contributed by atoms with Crippen LogP contribution < -0.4 is 31.8 Å². The van der Waals surface area contributed by atoms with Gasteiger partial charge in [0, 0.05) is 0 Å². The van der Waals surface area contributed by atoms with Crippen molar-refractivity contribution < 1.29 is 105 Å². The Bertz CT molecular complexity index is 3200. The van der Waals surface area contributed by atoms with Gasteiger partial charge in [-0.3, -0.25) is 0 Å². The molecular weight excluding hydrogens is 1140 g/mol. The number of halogens is 24. The Balaban J connectivity index is 1.71. The Labute approximate surface area is 424 Å². The van der Waals surface area contributed by atoms with E-state index in [9.17, 15) is 52.7 Å². The van der Waals surface area contributed by atoms with E-state index in [0.29, 0.717) is 12.1 Å². The summed E-state index contributed by atoms with van der Waals surface area (Å²) in [5.74, 6) is 0. The van der Waals surface area contributed by atoms with Gasteiger partial charge in [-0.05, 0) is 105 Å². The lowest BCUT2D eigenvalue weighted by Gasteiger charge is -2.33. The first-order valence-corrected chi connectivity index (χ1v) is 24.3. The summed E-state index contributed by atoms with van der Waals surface area (Å²) in [6.45, 7) is 0. The topological polar surface area (TPSA) is 0 Å². The van der Waals surface area contributed by atoms with Crippen molar-refractivity contribution in [2.24, 2.45) is 0 Å². The van der Waals surface area contributed by atoms with Gasteiger partial charge in [0.15, 0.2) is 0 Å². The summed E-state index contributed by atoms with van der Waals surface area (Å²) in [7, 11) is -8.67. The van der Waals surface area contributed by atoms with E-state index in [2.05, 4.69) is 0 Å².